The summed E-state index contributed by atoms with van der Waals surface area (Å²) >= 11 is 3.42. The zero-order valence-electron chi connectivity index (χ0n) is 11.6. The first-order valence-corrected chi connectivity index (χ1v) is 7.81. The first-order chi connectivity index (χ1) is 10.2. The van der Waals surface area contributed by atoms with Crippen molar-refractivity contribution >= 4 is 15.9 Å². The smallest absolute Gasteiger partial charge is 0.0870 e. The van der Waals surface area contributed by atoms with Crippen LogP contribution in [0.5, 0.6) is 0 Å². The molecule has 1 aliphatic heterocycles. The number of fused-ring (bicyclic) bond motifs is 1. The van der Waals surface area contributed by atoms with Gasteiger partial charge in [-0.05, 0) is 34.4 Å². The molecule has 3 nitrogen and oxygen atoms in total. The Morgan fingerprint density at radius 3 is 2.43 bits per heavy atom. The van der Waals surface area contributed by atoms with Gasteiger partial charge in [0.25, 0.3) is 0 Å². The van der Waals surface area contributed by atoms with Gasteiger partial charge in [-0.3, -0.25) is 0 Å². The minimum atomic E-state index is -0.609. The van der Waals surface area contributed by atoms with Crippen molar-refractivity contribution in [3.8, 4) is 0 Å². The van der Waals surface area contributed by atoms with Crippen LogP contribution in [0.4, 0.5) is 0 Å². The summed E-state index contributed by atoms with van der Waals surface area (Å²) in [6, 6.07) is 14.0. The van der Waals surface area contributed by atoms with E-state index in [0.717, 1.165) is 21.2 Å². The summed E-state index contributed by atoms with van der Waals surface area (Å²) < 4.78 is 6.44. The van der Waals surface area contributed by atoms with Crippen LogP contribution < -0.4 is 5.73 Å². The summed E-state index contributed by atoms with van der Waals surface area (Å²) in [6.07, 6.45) is -0.609. The largest absolute Gasteiger partial charge is 0.388 e. The van der Waals surface area contributed by atoms with Gasteiger partial charge in [0, 0.05) is 16.9 Å². The topological polar surface area (TPSA) is 55.5 Å². The Morgan fingerprint density at radius 2 is 1.71 bits per heavy atom. The SMILES string of the molecule is NCC(c1ccc(Br)cc1)C(O)c1ccc2c(c1)COC2. The van der Waals surface area contributed by atoms with Crippen LogP contribution in [0.25, 0.3) is 0 Å². The van der Waals surface area contributed by atoms with E-state index in [9.17, 15) is 5.11 Å². The molecule has 4 heteroatoms. The van der Waals surface area contributed by atoms with Crippen molar-refractivity contribution in [1.82, 2.24) is 0 Å². The molecule has 3 rings (SSSR count). The molecule has 0 radical (unpaired) electrons. The van der Waals surface area contributed by atoms with Crippen molar-refractivity contribution in [3.05, 3.63) is 69.2 Å². The third-order valence-electron chi connectivity index (χ3n) is 4.02. The second kappa shape index (κ2) is 6.28. The van der Waals surface area contributed by atoms with E-state index >= 15 is 0 Å². The lowest BCUT2D eigenvalue weighted by Gasteiger charge is -2.23. The Balaban J connectivity index is 1.88. The van der Waals surface area contributed by atoms with Gasteiger partial charge in [-0.15, -0.1) is 0 Å². The van der Waals surface area contributed by atoms with Gasteiger partial charge in [0.2, 0.25) is 0 Å². The van der Waals surface area contributed by atoms with Gasteiger partial charge in [-0.2, -0.15) is 0 Å². The van der Waals surface area contributed by atoms with E-state index in [1.54, 1.807) is 0 Å². The average molecular weight is 348 g/mol. The normalized spacial score (nSPS) is 16.5. The molecule has 0 saturated heterocycles. The Hall–Kier alpha value is -1.20. The minimum Gasteiger partial charge on any atom is -0.388 e. The monoisotopic (exact) mass is 347 g/mol. The maximum atomic E-state index is 10.7. The summed E-state index contributed by atoms with van der Waals surface area (Å²) in [4.78, 5) is 0. The number of benzene rings is 2. The van der Waals surface area contributed by atoms with Crippen molar-refractivity contribution in [3.63, 3.8) is 0 Å². The third-order valence-corrected chi connectivity index (χ3v) is 4.55. The Morgan fingerprint density at radius 1 is 1.05 bits per heavy atom. The number of rotatable bonds is 4. The van der Waals surface area contributed by atoms with Crippen LogP contribution in [-0.2, 0) is 18.0 Å². The van der Waals surface area contributed by atoms with Gasteiger partial charge in [0.05, 0.1) is 19.3 Å². The lowest BCUT2D eigenvalue weighted by molar-refractivity contribution is 0.134. The number of hydrogen-bond donors (Lipinski definition) is 2. The van der Waals surface area contributed by atoms with Crippen molar-refractivity contribution in [2.24, 2.45) is 5.73 Å². The predicted octanol–water partition coefficient (Wildman–Crippen LogP) is 3.26. The van der Waals surface area contributed by atoms with Crippen LogP contribution in [0.15, 0.2) is 46.9 Å². The highest BCUT2D eigenvalue weighted by molar-refractivity contribution is 9.10. The van der Waals surface area contributed by atoms with Crippen LogP contribution >= 0.6 is 15.9 Å². The molecule has 3 N–H and O–H groups in total. The molecule has 2 aromatic carbocycles. The Labute approximate surface area is 132 Å². The molecule has 0 bridgehead atoms. The molecule has 0 aliphatic carbocycles. The quantitative estimate of drug-likeness (QED) is 0.892. The van der Waals surface area contributed by atoms with Gasteiger partial charge < -0.3 is 15.6 Å². The van der Waals surface area contributed by atoms with Crippen molar-refractivity contribution < 1.29 is 9.84 Å². The minimum absolute atomic E-state index is 0.113. The molecule has 0 amide bonds. The fourth-order valence-corrected chi connectivity index (χ4v) is 3.03. The molecule has 2 aromatic rings. The van der Waals surface area contributed by atoms with Crippen LogP contribution in [0, 0.1) is 0 Å². The number of hydrogen-bond acceptors (Lipinski definition) is 3. The number of halogens is 1. The van der Waals surface area contributed by atoms with Gasteiger partial charge >= 0.3 is 0 Å². The molecular weight excluding hydrogens is 330 g/mol. The summed E-state index contributed by atoms with van der Waals surface area (Å²) in [5.41, 5.74) is 10.2. The van der Waals surface area contributed by atoms with E-state index in [1.165, 1.54) is 5.56 Å². The molecule has 0 saturated carbocycles. The molecule has 110 valence electrons. The lowest BCUT2D eigenvalue weighted by Crippen LogP contribution is -2.20. The highest BCUT2D eigenvalue weighted by atomic mass is 79.9. The van der Waals surface area contributed by atoms with Gasteiger partial charge in [0.1, 0.15) is 0 Å². The van der Waals surface area contributed by atoms with Crippen LogP contribution in [-0.4, -0.2) is 11.7 Å². The van der Waals surface area contributed by atoms with E-state index in [-0.39, 0.29) is 5.92 Å². The second-order valence-electron chi connectivity index (χ2n) is 5.36. The van der Waals surface area contributed by atoms with Crippen molar-refractivity contribution in [1.29, 1.82) is 0 Å². The van der Waals surface area contributed by atoms with E-state index < -0.39 is 6.10 Å². The first kappa shape index (κ1) is 14.7. The fourth-order valence-electron chi connectivity index (χ4n) is 2.77. The average Bonchev–Trinajstić information content (AvgIpc) is 2.97. The molecule has 2 unspecified atom stereocenters. The second-order valence-corrected chi connectivity index (χ2v) is 6.28. The molecule has 0 spiro atoms. The van der Waals surface area contributed by atoms with Crippen LogP contribution in [0.2, 0.25) is 0 Å². The molecule has 0 aromatic heterocycles. The fraction of sp³-hybridized carbons (Fsp3) is 0.294. The lowest BCUT2D eigenvalue weighted by atomic mass is 9.88. The van der Waals surface area contributed by atoms with Gasteiger partial charge in [-0.1, -0.05) is 46.3 Å². The summed E-state index contributed by atoms with van der Waals surface area (Å²) in [5.74, 6) is -0.113. The van der Waals surface area contributed by atoms with Gasteiger partial charge in [-0.25, -0.2) is 0 Å². The number of aliphatic hydroxyl groups excluding tert-OH is 1. The van der Waals surface area contributed by atoms with E-state index in [4.69, 9.17) is 10.5 Å². The molecule has 2 atom stereocenters. The van der Waals surface area contributed by atoms with E-state index in [0.29, 0.717) is 19.8 Å². The summed E-state index contributed by atoms with van der Waals surface area (Å²) in [6.45, 7) is 1.69. The van der Waals surface area contributed by atoms with E-state index in [2.05, 4.69) is 15.9 Å². The molecule has 0 fully saturated rings. The number of ether oxygens (including phenoxy) is 1. The Kier molecular flexibility index (Phi) is 4.40. The number of nitrogens with two attached hydrogens (primary N) is 1. The standard InChI is InChI=1S/C17H18BrNO2/c18-15-5-3-11(4-6-15)16(8-19)17(20)12-1-2-13-9-21-10-14(13)7-12/h1-7,16-17,20H,8-10,19H2. The van der Waals surface area contributed by atoms with E-state index in [1.807, 2.05) is 42.5 Å². The molecule has 21 heavy (non-hydrogen) atoms. The number of aliphatic hydroxyl groups is 1. The zero-order chi connectivity index (χ0) is 14.8. The zero-order valence-corrected chi connectivity index (χ0v) is 13.2. The van der Waals surface area contributed by atoms with Crippen LogP contribution in [0.3, 0.4) is 0 Å². The molecular formula is C17H18BrNO2. The Bertz CT molecular complexity index is 627. The third kappa shape index (κ3) is 3.04. The van der Waals surface area contributed by atoms with Crippen molar-refractivity contribution in [2.75, 3.05) is 6.54 Å². The predicted molar refractivity (Wildman–Crippen MR) is 85.8 cm³/mol. The van der Waals surface area contributed by atoms with Gasteiger partial charge in [0.15, 0.2) is 0 Å². The molecule has 1 aliphatic rings. The van der Waals surface area contributed by atoms with Crippen molar-refractivity contribution in [2.45, 2.75) is 25.2 Å². The maximum absolute atomic E-state index is 10.7. The summed E-state index contributed by atoms with van der Waals surface area (Å²) in [5, 5.41) is 10.7. The summed E-state index contributed by atoms with van der Waals surface area (Å²) in [7, 11) is 0. The van der Waals surface area contributed by atoms with Crippen LogP contribution in [0.1, 0.15) is 34.3 Å². The highest BCUT2D eigenvalue weighted by Gasteiger charge is 2.23. The first-order valence-electron chi connectivity index (χ1n) is 7.02. The highest BCUT2D eigenvalue weighted by Crippen LogP contribution is 2.33. The molecule has 1 heterocycles. The maximum Gasteiger partial charge on any atom is 0.0870 e.